The summed E-state index contributed by atoms with van der Waals surface area (Å²) in [4.78, 5) is 9.62. The van der Waals surface area contributed by atoms with Crippen LogP contribution in [0, 0.1) is 37.4 Å². The van der Waals surface area contributed by atoms with Gasteiger partial charge in [-0.05, 0) is 150 Å². The summed E-state index contributed by atoms with van der Waals surface area (Å²) in [6.07, 6.45) is 1.98. The molecule has 7 aromatic rings. The Hall–Kier alpha value is -5.48. The summed E-state index contributed by atoms with van der Waals surface area (Å²) < 4.78 is 123. The van der Waals surface area contributed by atoms with Gasteiger partial charge in [-0.3, -0.25) is 9.55 Å². The topological polar surface area (TPSA) is 50.9 Å². The second-order valence-electron chi connectivity index (χ2n) is 17.4. The van der Waals surface area contributed by atoms with Gasteiger partial charge in [0.15, 0.2) is 0 Å². The van der Waals surface area contributed by atoms with E-state index in [0.29, 0.717) is 50.8 Å². The standard InChI is InChI=1S/C54H59N3O/c1-33(2)40-26-41(34(3)4)28-42(27-40)38-21-22-49(36(6)25-38)57-50-15-12-14-46(52(50)56-53(57)47-13-10-11-16-51(47)58)43-29-44(31-45(30-43)54(7,8)9)48-32-39(23-24-55-48)37-19-17-35(5)18-20-37/h10-25,29-34,40-42,58H,26-28H2,1-9H3/i5D3,6D3,17D,18D,19D,20D,23D,24D,32D,33D. The van der Waals surface area contributed by atoms with Crippen molar-refractivity contribution in [1.29, 1.82) is 0 Å². The summed E-state index contributed by atoms with van der Waals surface area (Å²) >= 11 is 0. The molecule has 0 bridgehead atoms. The summed E-state index contributed by atoms with van der Waals surface area (Å²) in [7, 11) is 0. The van der Waals surface area contributed by atoms with Crippen LogP contribution < -0.4 is 0 Å². The number of fused-ring (bicyclic) bond motifs is 1. The molecule has 0 amide bonds. The average molecular weight is 780 g/mol. The van der Waals surface area contributed by atoms with Crippen LogP contribution in [0.3, 0.4) is 0 Å². The van der Waals surface area contributed by atoms with E-state index in [0.717, 1.165) is 30.4 Å². The lowest BCUT2D eigenvalue weighted by Crippen LogP contribution is -2.27. The highest BCUT2D eigenvalue weighted by molar-refractivity contribution is 5.97. The highest BCUT2D eigenvalue weighted by Crippen LogP contribution is 2.46. The lowest BCUT2D eigenvalue weighted by molar-refractivity contribution is 0.158. The lowest BCUT2D eigenvalue weighted by Gasteiger charge is -2.39. The van der Waals surface area contributed by atoms with E-state index in [2.05, 4.69) is 18.8 Å². The number of rotatable bonds is 8. The molecule has 58 heavy (non-hydrogen) atoms. The van der Waals surface area contributed by atoms with Crippen molar-refractivity contribution in [2.45, 2.75) is 92.8 Å². The van der Waals surface area contributed by atoms with Crippen LogP contribution in [0.1, 0.15) is 115 Å². The minimum atomic E-state index is -2.99. The number of benzene rings is 5. The maximum Gasteiger partial charge on any atom is 0.149 e. The molecule has 296 valence electrons. The minimum Gasteiger partial charge on any atom is -0.507 e. The van der Waals surface area contributed by atoms with Crippen LogP contribution in [0.15, 0.2) is 121 Å². The molecule has 1 aliphatic carbocycles. The van der Waals surface area contributed by atoms with Crippen molar-refractivity contribution in [2.24, 2.45) is 23.6 Å². The first-order chi connectivity index (χ1) is 33.4. The molecule has 2 aromatic heterocycles. The third-order valence-corrected chi connectivity index (χ3v) is 11.9. The number of nitrogens with zero attached hydrogens (tertiary/aromatic N) is 3. The fourth-order valence-corrected chi connectivity index (χ4v) is 8.44. The number of aromatic nitrogens is 3. The van der Waals surface area contributed by atoms with E-state index >= 15 is 0 Å². The van der Waals surface area contributed by atoms with E-state index in [4.69, 9.17) is 22.8 Å². The number of aromatic hydroxyl groups is 1. The van der Waals surface area contributed by atoms with E-state index < -0.39 is 84.1 Å². The van der Waals surface area contributed by atoms with Crippen LogP contribution in [-0.2, 0) is 5.41 Å². The smallest absolute Gasteiger partial charge is 0.149 e. The van der Waals surface area contributed by atoms with Crippen molar-refractivity contribution in [2.75, 3.05) is 0 Å². The fourth-order valence-electron chi connectivity index (χ4n) is 8.44. The third kappa shape index (κ3) is 7.74. The van der Waals surface area contributed by atoms with E-state index in [1.807, 2.05) is 71.0 Å². The number of aryl methyl sites for hydroxylation is 1. The fraction of sp³-hybridized carbons (Fsp3) is 0.333. The molecule has 3 unspecified atom stereocenters. The highest BCUT2D eigenvalue weighted by atomic mass is 16.3. The minimum absolute atomic E-state index is 0.0394. The van der Waals surface area contributed by atoms with Gasteiger partial charge in [-0.2, -0.15) is 0 Å². The molecule has 1 aliphatic rings. The Kier molecular flexibility index (Phi) is 6.98. The predicted octanol–water partition coefficient (Wildman–Crippen LogP) is 14.5. The first-order valence-electron chi connectivity index (χ1n) is 27.1. The number of imidazole rings is 1. The van der Waals surface area contributed by atoms with Crippen LogP contribution >= 0.6 is 0 Å². The van der Waals surface area contributed by atoms with Gasteiger partial charge in [0, 0.05) is 26.9 Å². The molecule has 0 radical (unpaired) electrons. The molecule has 3 atom stereocenters. The zero-order chi connectivity index (χ0) is 52.9. The zero-order valence-corrected chi connectivity index (χ0v) is 34.2. The summed E-state index contributed by atoms with van der Waals surface area (Å²) in [6.45, 7) is 8.73. The van der Waals surface area contributed by atoms with Crippen LogP contribution in [0.5, 0.6) is 5.75 Å². The summed E-state index contributed by atoms with van der Waals surface area (Å²) in [5, 5.41) is 11.4. The Morgan fingerprint density at radius 1 is 0.776 bits per heavy atom. The monoisotopic (exact) mass is 780 g/mol. The molecule has 4 heteroatoms. The molecule has 1 saturated carbocycles. The SMILES string of the molecule is [2H]c1nc(-c2cc(-c3cccc4c3nc(-c3ccccc3O)n4-c3ccc(C4CC(C(C)C)CC(C([2H])(C)C)C4)cc3C([2H])([2H])[2H])cc(C(C)(C)C)c2)c([2H])c(-c2c([2H])c([2H])c(C([2H])([2H])[2H])c([2H])c2[2H])c1[2H]. The Balaban J connectivity index is 1.37. The van der Waals surface area contributed by atoms with Gasteiger partial charge in [-0.15, -0.1) is 0 Å². The molecule has 4 nitrogen and oxygen atoms in total. The van der Waals surface area contributed by atoms with E-state index in [1.165, 1.54) is 0 Å². The van der Waals surface area contributed by atoms with Crippen LogP contribution in [-0.4, -0.2) is 19.6 Å². The second-order valence-corrected chi connectivity index (χ2v) is 17.4. The molecule has 1 fully saturated rings. The number of phenols is 1. The zero-order valence-electron chi connectivity index (χ0n) is 48.2. The van der Waals surface area contributed by atoms with Crippen molar-refractivity contribution in [3.05, 3.63) is 144 Å². The summed E-state index contributed by atoms with van der Waals surface area (Å²) in [6, 6.07) is 19.0. The molecule has 0 saturated heterocycles. The van der Waals surface area contributed by atoms with Gasteiger partial charge < -0.3 is 5.11 Å². The number of hydrogen-bond acceptors (Lipinski definition) is 3. The van der Waals surface area contributed by atoms with Crippen molar-refractivity contribution < 1.29 is 24.3 Å². The Labute approximate surface area is 365 Å². The Bertz CT molecular complexity index is 3240. The van der Waals surface area contributed by atoms with Gasteiger partial charge in [0.2, 0.25) is 0 Å². The van der Waals surface area contributed by atoms with Gasteiger partial charge in [-0.1, -0.05) is 121 Å². The van der Waals surface area contributed by atoms with Gasteiger partial charge in [0.25, 0.3) is 0 Å². The van der Waals surface area contributed by atoms with Crippen LogP contribution in [0.25, 0.3) is 61.6 Å². The molecule has 5 aromatic carbocycles. The van der Waals surface area contributed by atoms with Crippen molar-refractivity contribution in [1.82, 2.24) is 14.5 Å². The number of hydrogen-bond donors (Lipinski definition) is 1. The maximum atomic E-state index is 11.4. The van der Waals surface area contributed by atoms with Crippen molar-refractivity contribution >= 4 is 11.0 Å². The number of para-hydroxylation sites is 2. The van der Waals surface area contributed by atoms with Gasteiger partial charge in [-0.25, -0.2) is 4.98 Å². The molecule has 0 spiro atoms. The Morgan fingerprint density at radius 3 is 2.26 bits per heavy atom. The third-order valence-electron chi connectivity index (χ3n) is 11.9. The number of phenolic OH excluding ortho intramolecular Hbond substituents is 1. The van der Waals surface area contributed by atoms with E-state index in [-0.39, 0.29) is 34.7 Å². The molecular weight excluding hydrogens is 707 g/mol. The highest BCUT2D eigenvalue weighted by Gasteiger charge is 2.33. The Morgan fingerprint density at radius 2 is 1.53 bits per heavy atom. The van der Waals surface area contributed by atoms with Crippen LogP contribution in [0.4, 0.5) is 0 Å². The normalized spacial score (nSPS) is 21.5. The largest absolute Gasteiger partial charge is 0.507 e. The quantitative estimate of drug-likeness (QED) is 0.167. The number of pyridine rings is 1. The first kappa shape index (κ1) is 25.8. The molecule has 8 rings (SSSR count). The molecule has 1 N–H and O–H groups in total. The molecular formula is C54H59N3O. The molecule has 2 heterocycles. The molecule has 0 aliphatic heterocycles. The van der Waals surface area contributed by atoms with Gasteiger partial charge in [0.1, 0.15) is 11.6 Å². The summed E-state index contributed by atoms with van der Waals surface area (Å²) in [5.74, 6) is 0.472. The second kappa shape index (κ2) is 15.7. The van der Waals surface area contributed by atoms with Crippen LogP contribution in [0.2, 0.25) is 0 Å². The maximum absolute atomic E-state index is 11.4. The lowest BCUT2D eigenvalue weighted by atomic mass is 9.66. The average Bonchev–Trinajstić information content (AvgIpc) is 3.68. The van der Waals surface area contributed by atoms with Gasteiger partial charge in [0.05, 0.1) is 37.6 Å². The first-order valence-corrected chi connectivity index (χ1v) is 20.1. The van der Waals surface area contributed by atoms with Gasteiger partial charge >= 0.3 is 0 Å². The van der Waals surface area contributed by atoms with Crippen molar-refractivity contribution in [3.63, 3.8) is 0 Å². The van der Waals surface area contributed by atoms with E-state index in [9.17, 15) is 6.48 Å². The predicted molar refractivity (Wildman–Crippen MR) is 244 cm³/mol. The summed E-state index contributed by atoms with van der Waals surface area (Å²) in [5.41, 5.74) is 2.62. The van der Waals surface area contributed by atoms with E-state index in [1.54, 1.807) is 47.0 Å². The van der Waals surface area contributed by atoms with Crippen molar-refractivity contribution in [3.8, 4) is 56.3 Å².